The van der Waals surface area contributed by atoms with Crippen LogP contribution in [0.4, 0.5) is 9.59 Å². The molecular weight excluding hydrogens is 735 g/mol. The molecule has 4 rings (SSSR count). The van der Waals surface area contributed by atoms with E-state index in [9.17, 15) is 19.2 Å². The van der Waals surface area contributed by atoms with Crippen LogP contribution < -0.4 is 5.32 Å². The molecule has 1 N–H and O–H groups in total. The molecule has 0 spiro atoms. The van der Waals surface area contributed by atoms with E-state index >= 15 is 0 Å². The highest BCUT2D eigenvalue weighted by atomic mass is 16.6. The number of carbonyl (C=O) groups excluding carboxylic acids is 4. The number of rotatable bonds is 13. The number of likely N-dealkylation sites (tertiary alicyclic amines) is 2. The lowest BCUT2D eigenvalue weighted by Gasteiger charge is -2.28. The average molecular weight is 806 g/mol. The maximum absolute atomic E-state index is 13.6. The van der Waals surface area contributed by atoms with Gasteiger partial charge in [-0.15, -0.1) is 0 Å². The molecule has 322 valence electrons. The zero-order chi connectivity index (χ0) is 43.1. The number of hydrogen-bond acceptors (Lipinski definition) is 9. The number of nitrogens with zero attached hydrogens (tertiary/aromatic N) is 2. The molecule has 4 atom stereocenters. The first kappa shape index (κ1) is 46.6. The summed E-state index contributed by atoms with van der Waals surface area (Å²) >= 11 is 0. The van der Waals surface area contributed by atoms with Crippen LogP contribution in [0.5, 0.6) is 0 Å². The van der Waals surface area contributed by atoms with Gasteiger partial charge in [-0.05, 0) is 156 Å². The van der Waals surface area contributed by atoms with Crippen LogP contribution in [0.2, 0.25) is 0 Å². The molecule has 2 aliphatic rings. The zero-order valence-electron chi connectivity index (χ0n) is 37.4. The molecule has 0 aliphatic carbocycles. The van der Waals surface area contributed by atoms with Gasteiger partial charge in [-0.3, -0.25) is 9.59 Å². The van der Waals surface area contributed by atoms with E-state index in [0.29, 0.717) is 58.4 Å². The summed E-state index contributed by atoms with van der Waals surface area (Å²) in [6, 6.07) is 16.7. The first-order valence-corrected chi connectivity index (χ1v) is 21.1. The lowest BCUT2D eigenvalue weighted by atomic mass is 9.85. The molecule has 0 radical (unpaired) electrons. The second kappa shape index (κ2) is 19.3. The van der Waals surface area contributed by atoms with E-state index in [1.807, 2.05) is 95.2 Å². The Kier molecular flexibility index (Phi) is 15.5. The van der Waals surface area contributed by atoms with Crippen molar-refractivity contribution in [2.75, 3.05) is 32.7 Å². The number of ether oxygens (including phenoxy) is 4. The smallest absolute Gasteiger partial charge is 0.410 e. The molecule has 58 heavy (non-hydrogen) atoms. The summed E-state index contributed by atoms with van der Waals surface area (Å²) in [4.78, 5) is 56.3. The lowest BCUT2D eigenvalue weighted by molar-refractivity contribution is -0.163. The van der Waals surface area contributed by atoms with Crippen LogP contribution in [0.15, 0.2) is 48.5 Å². The molecular formula is C47H71N3O8. The molecule has 2 amide bonds. The summed E-state index contributed by atoms with van der Waals surface area (Å²) in [6.07, 6.45) is 2.58. The molecule has 2 aromatic rings. The van der Waals surface area contributed by atoms with Crippen LogP contribution in [0.3, 0.4) is 0 Å². The van der Waals surface area contributed by atoms with E-state index in [2.05, 4.69) is 41.7 Å². The minimum absolute atomic E-state index is 0.0343. The van der Waals surface area contributed by atoms with Gasteiger partial charge < -0.3 is 34.1 Å². The Hall–Kier alpha value is -4.12. The van der Waals surface area contributed by atoms with E-state index in [-0.39, 0.29) is 41.9 Å². The normalized spacial score (nSPS) is 18.8. The van der Waals surface area contributed by atoms with E-state index in [0.717, 1.165) is 29.7 Å². The fourth-order valence-corrected chi connectivity index (χ4v) is 7.61. The third kappa shape index (κ3) is 15.6. The van der Waals surface area contributed by atoms with Crippen LogP contribution in [-0.4, -0.2) is 89.1 Å². The van der Waals surface area contributed by atoms with Gasteiger partial charge in [0.05, 0.1) is 11.8 Å². The van der Waals surface area contributed by atoms with Gasteiger partial charge in [-0.2, -0.15) is 0 Å². The Labute approximate surface area is 347 Å². The molecule has 0 aromatic heterocycles. The fraction of sp³-hybridized carbons (Fsp3) is 0.660. The van der Waals surface area contributed by atoms with Crippen LogP contribution in [-0.2, 0) is 54.3 Å². The van der Waals surface area contributed by atoms with Crippen molar-refractivity contribution in [2.24, 2.45) is 23.7 Å². The maximum atomic E-state index is 13.6. The monoisotopic (exact) mass is 806 g/mol. The quantitative estimate of drug-likeness (QED) is 0.121. The van der Waals surface area contributed by atoms with Crippen molar-refractivity contribution < 1.29 is 38.1 Å². The van der Waals surface area contributed by atoms with Crippen molar-refractivity contribution >= 4 is 24.1 Å². The van der Waals surface area contributed by atoms with Gasteiger partial charge in [0.25, 0.3) is 0 Å². The van der Waals surface area contributed by atoms with Crippen LogP contribution in [0, 0.1) is 23.7 Å². The van der Waals surface area contributed by atoms with Crippen molar-refractivity contribution in [2.45, 2.75) is 144 Å². The molecule has 11 heteroatoms. The Morgan fingerprint density at radius 2 is 0.966 bits per heavy atom. The maximum Gasteiger partial charge on any atom is 0.410 e. The number of esters is 2. The molecule has 2 heterocycles. The zero-order valence-corrected chi connectivity index (χ0v) is 37.4. The van der Waals surface area contributed by atoms with Gasteiger partial charge in [0.1, 0.15) is 22.4 Å². The van der Waals surface area contributed by atoms with Gasteiger partial charge in [0.2, 0.25) is 0 Å². The Morgan fingerprint density at radius 3 is 1.38 bits per heavy atom. The Balaban J connectivity index is 1.36. The minimum atomic E-state index is -0.620. The highest BCUT2D eigenvalue weighted by Gasteiger charge is 2.40. The highest BCUT2D eigenvalue weighted by Crippen LogP contribution is 2.32. The average Bonchev–Trinajstić information content (AvgIpc) is 3.77. The number of carbonyl (C=O) groups is 4. The second-order valence-corrected chi connectivity index (χ2v) is 20.2. The van der Waals surface area contributed by atoms with Crippen LogP contribution >= 0.6 is 0 Å². The standard InChI is InChI=1S/C47H71N3O8/c1-44(2,3)55-40(51)38(36-20-23-49(30-36)42(53)57-46(7,8)9)27-33-16-13-15-32(25-33)19-22-48-29-35-18-14-17-34(26-35)28-39(41(52)56-45(4,5)6)37-21-24-50(31-37)43(54)58-47(10,11)12/h13-18,25-26,36-39,48H,19-24,27-31H2,1-12H3/t36-,37-,38-,39-/m0/s1. The van der Waals surface area contributed by atoms with Crippen molar-refractivity contribution in [3.05, 3.63) is 70.8 Å². The van der Waals surface area contributed by atoms with Gasteiger partial charge in [0, 0.05) is 32.7 Å². The number of hydrogen-bond donors (Lipinski definition) is 1. The van der Waals surface area contributed by atoms with Gasteiger partial charge in [-0.1, -0.05) is 48.5 Å². The SMILES string of the molecule is CC(C)(C)OC(=O)[C@@H](Cc1cccc(CCNCc2cccc(C[C@H](C(=O)OC(C)(C)C)[C@H]3CCN(C(=O)OC(C)(C)C)C3)c2)c1)[C@H]1CCN(C(=O)OC(C)(C)C)C1. The molecule has 11 nitrogen and oxygen atoms in total. The minimum Gasteiger partial charge on any atom is -0.460 e. The van der Waals surface area contributed by atoms with Gasteiger partial charge in [-0.25, -0.2) is 9.59 Å². The molecule has 0 saturated carbocycles. The lowest BCUT2D eigenvalue weighted by Crippen LogP contribution is -2.38. The second-order valence-electron chi connectivity index (χ2n) is 20.2. The van der Waals surface area contributed by atoms with Crippen molar-refractivity contribution in [1.82, 2.24) is 15.1 Å². The third-order valence-electron chi connectivity index (χ3n) is 10.1. The molecule has 2 aromatic carbocycles. The van der Waals surface area contributed by atoms with Gasteiger partial charge >= 0.3 is 24.1 Å². The summed E-state index contributed by atoms with van der Waals surface area (Å²) in [5.74, 6) is -1.33. The summed E-state index contributed by atoms with van der Waals surface area (Å²) < 4.78 is 23.0. The molecule has 2 aliphatic heterocycles. The van der Waals surface area contributed by atoms with E-state index in [4.69, 9.17) is 18.9 Å². The summed E-state index contributed by atoms with van der Waals surface area (Å²) in [5, 5.41) is 3.58. The Morgan fingerprint density at radius 1 is 0.586 bits per heavy atom. The highest BCUT2D eigenvalue weighted by molar-refractivity contribution is 5.75. The Bertz CT molecular complexity index is 1590. The van der Waals surface area contributed by atoms with Gasteiger partial charge in [0.15, 0.2) is 0 Å². The fourth-order valence-electron chi connectivity index (χ4n) is 7.61. The predicted octanol–water partition coefficient (Wildman–Crippen LogP) is 8.53. The van der Waals surface area contributed by atoms with Crippen molar-refractivity contribution in [3.8, 4) is 0 Å². The predicted molar refractivity (Wildman–Crippen MR) is 226 cm³/mol. The van der Waals surface area contributed by atoms with Crippen molar-refractivity contribution in [1.29, 1.82) is 0 Å². The first-order chi connectivity index (χ1) is 26.8. The van der Waals surface area contributed by atoms with Crippen molar-refractivity contribution in [3.63, 3.8) is 0 Å². The number of amides is 2. The third-order valence-corrected chi connectivity index (χ3v) is 10.1. The number of nitrogens with one attached hydrogen (secondary N) is 1. The molecule has 0 unspecified atom stereocenters. The first-order valence-electron chi connectivity index (χ1n) is 21.1. The largest absolute Gasteiger partial charge is 0.460 e. The summed E-state index contributed by atoms with van der Waals surface area (Å²) in [7, 11) is 0. The molecule has 2 saturated heterocycles. The van der Waals surface area contributed by atoms with E-state index in [1.165, 1.54) is 5.56 Å². The summed E-state index contributed by atoms with van der Waals surface area (Å²) in [5.41, 5.74) is 1.99. The molecule has 0 bridgehead atoms. The van der Waals surface area contributed by atoms with E-state index in [1.54, 1.807) is 9.80 Å². The van der Waals surface area contributed by atoms with Crippen LogP contribution in [0.1, 0.15) is 118 Å². The topological polar surface area (TPSA) is 124 Å². The van der Waals surface area contributed by atoms with E-state index < -0.39 is 28.3 Å². The molecule has 2 fully saturated rings. The summed E-state index contributed by atoms with van der Waals surface area (Å²) in [6.45, 7) is 25.8. The van der Waals surface area contributed by atoms with Crippen LogP contribution in [0.25, 0.3) is 0 Å². The number of benzene rings is 2.